The van der Waals surface area contributed by atoms with Crippen LogP contribution < -0.4 is 5.32 Å². The zero-order valence-corrected chi connectivity index (χ0v) is 18.9. The topological polar surface area (TPSA) is 35.5 Å². The van der Waals surface area contributed by atoms with E-state index >= 15 is 0 Å². The predicted octanol–water partition coefficient (Wildman–Crippen LogP) is 5.68. The molecule has 4 unspecified atom stereocenters. The molecule has 1 heterocycles. The first-order valence-corrected chi connectivity index (χ1v) is 12.1. The summed E-state index contributed by atoms with van der Waals surface area (Å²) in [6, 6.07) is 0.267. The Hall–Kier alpha value is -1.74. The molecule has 4 aliphatic rings. The zero-order valence-electron chi connectivity index (χ0n) is 18.9. The third kappa shape index (κ3) is 4.94. The van der Waals surface area contributed by atoms with Crippen molar-refractivity contribution in [1.29, 1.82) is 0 Å². The van der Waals surface area contributed by atoms with Crippen LogP contribution in [0.2, 0.25) is 0 Å². The van der Waals surface area contributed by atoms with Crippen molar-refractivity contribution >= 4 is 0 Å². The molecule has 1 fully saturated rings. The predicted molar refractivity (Wildman–Crippen MR) is 125 cm³/mol. The van der Waals surface area contributed by atoms with Crippen LogP contribution in [-0.2, 0) is 0 Å². The van der Waals surface area contributed by atoms with E-state index in [4.69, 9.17) is 0 Å². The van der Waals surface area contributed by atoms with Crippen LogP contribution in [0, 0.1) is 23.7 Å². The van der Waals surface area contributed by atoms with Crippen molar-refractivity contribution < 1.29 is 5.11 Å². The molecule has 4 atom stereocenters. The SMILES string of the molecule is C=C(NC1C=C(C(O)C2CCC(C3C=CC(C)=CC3)CC2)CCC1C)N1C=CCC1. The van der Waals surface area contributed by atoms with E-state index in [-0.39, 0.29) is 12.1 Å². The van der Waals surface area contributed by atoms with Crippen LogP contribution in [0.15, 0.2) is 60.1 Å². The van der Waals surface area contributed by atoms with Crippen molar-refractivity contribution in [3.63, 3.8) is 0 Å². The number of nitrogens with zero attached hydrogens (tertiary/aromatic N) is 1. The Labute approximate surface area is 183 Å². The normalized spacial score (nSPS) is 35.0. The average Bonchev–Trinajstić information content (AvgIpc) is 3.31. The van der Waals surface area contributed by atoms with Crippen molar-refractivity contribution in [2.75, 3.05) is 6.54 Å². The molecular formula is C27H40N2O. The maximum atomic E-state index is 11.2. The van der Waals surface area contributed by atoms with Crippen LogP contribution >= 0.6 is 0 Å². The maximum Gasteiger partial charge on any atom is 0.0983 e. The summed E-state index contributed by atoms with van der Waals surface area (Å²) in [5.41, 5.74) is 2.66. The Morgan fingerprint density at radius 2 is 2.03 bits per heavy atom. The Morgan fingerprint density at radius 3 is 2.70 bits per heavy atom. The molecule has 0 radical (unpaired) electrons. The van der Waals surface area contributed by atoms with Gasteiger partial charge in [-0.25, -0.2) is 0 Å². The summed E-state index contributed by atoms with van der Waals surface area (Å²) >= 11 is 0. The van der Waals surface area contributed by atoms with E-state index in [2.05, 4.69) is 67.2 Å². The van der Waals surface area contributed by atoms with Gasteiger partial charge in [-0.05, 0) is 87.5 Å². The van der Waals surface area contributed by atoms with E-state index in [0.29, 0.717) is 17.8 Å². The van der Waals surface area contributed by atoms with Crippen LogP contribution in [0.3, 0.4) is 0 Å². The van der Waals surface area contributed by atoms with Crippen molar-refractivity contribution in [2.45, 2.75) is 77.4 Å². The van der Waals surface area contributed by atoms with Gasteiger partial charge in [0.25, 0.3) is 0 Å². The summed E-state index contributed by atoms with van der Waals surface area (Å²) in [6.45, 7) is 9.76. The van der Waals surface area contributed by atoms with E-state index in [9.17, 15) is 5.11 Å². The standard InChI is InChI=1S/C27H40N2O/c1-19-6-9-22(10-7-19)23-12-14-24(15-13-23)27(30)25-11-8-20(2)26(18-25)28-21(3)29-16-4-5-17-29/h4,6-7,9,16,18,20,22-24,26-28,30H,3,5,8,10-15,17H2,1-2H3. The highest BCUT2D eigenvalue weighted by Gasteiger charge is 2.33. The lowest BCUT2D eigenvalue weighted by atomic mass is 9.70. The lowest BCUT2D eigenvalue weighted by Crippen LogP contribution is -2.40. The van der Waals surface area contributed by atoms with Gasteiger partial charge >= 0.3 is 0 Å². The summed E-state index contributed by atoms with van der Waals surface area (Å²) in [4.78, 5) is 2.20. The molecule has 2 N–H and O–H groups in total. The van der Waals surface area contributed by atoms with Gasteiger partial charge < -0.3 is 15.3 Å². The van der Waals surface area contributed by atoms with Crippen LogP contribution in [0.1, 0.15) is 65.2 Å². The van der Waals surface area contributed by atoms with Gasteiger partial charge in [-0.15, -0.1) is 0 Å². The second-order valence-electron chi connectivity index (χ2n) is 10.1. The van der Waals surface area contributed by atoms with Gasteiger partial charge in [0.2, 0.25) is 0 Å². The molecule has 3 heteroatoms. The Kier molecular flexibility index (Phi) is 6.87. The summed E-state index contributed by atoms with van der Waals surface area (Å²) in [7, 11) is 0. The molecule has 0 bridgehead atoms. The minimum absolute atomic E-state index is 0.267. The molecule has 3 nitrogen and oxygen atoms in total. The molecule has 4 rings (SSSR count). The quantitative estimate of drug-likeness (QED) is 0.555. The number of aliphatic hydroxyl groups excluding tert-OH is 1. The van der Waals surface area contributed by atoms with Gasteiger partial charge in [0.1, 0.15) is 0 Å². The number of allylic oxidation sites excluding steroid dienone is 4. The number of hydrogen-bond donors (Lipinski definition) is 2. The van der Waals surface area contributed by atoms with E-state index < -0.39 is 0 Å². The Balaban J connectivity index is 1.32. The first-order chi connectivity index (χ1) is 14.5. The molecule has 0 saturated heterocycles. The second kappa shape index (κ2) is 9.60. The molecule has 0 aromatic carbocycles. The molecular weight excluding hydrogens is 368 g/mol. The number of hydrogen-bond acceptors (Lipinski definition) is 3. The molecule has 30 heavy (non-hydrogen) atoms. The molecule has 0 aromatic rings. The zero-order chi connectivity index (χ0) is 21.1. The van der Waals surface area contributed by atoms with Crippen LogP contribution in [0.25, 0.3) is 0 Å². The molecule has 0 amide bonds. The maximum absolute atomic E-state index is 11.2. The Bertz CT molecular complexity index is 738. The van der Waals surface area contributed by atoms with Gasteiger partial charge in [0.05, 0.1) is 11.9 Å². The molecule has 0 aromatic heterocycles. The van der Waals surface area contributed by atoms with Gasteiger partial charge in [-0.2, -0.15) is 0 Å². The molecule has 0 spiro atoms. The third-order valence-electron chi connectivity index (χ3n) is 7.96. The lowest BCUT2D eigenvalue weighted by Gasteiger charge is -2.38. The van der Waals surface area contributed by atoms with Crippen molar-refractivity contribution in [1.82, 2.24) is 10.2 Å². The number of aliphatic hydroxyl groups is 1. The fraction of sp³-hybridized carbons (Fsp3) is 0.630. The number of nitrogens with one attached hydrogen (secondary N) is 1. The second-order valence-corrected chi connectivity index (χ2v) is 10.1. The van der Waals surface area contributed by atoms with E-state index in [1.54, 1.807) is 0 Å². The van der Waals surface area contributed by atoms with E-state index in [0.717, 1.165) is 50.4 Å². The highest BCUT2D eigenvalue weighted by Crippen LogP contribution is 2.40. The smallest absolute Gasteiger partial charge is 0.0983 e. The molecule has 164 valence electrons. The average molecular weight is 409 g/mol. The van der Waals surface area contributed by atoms with Crippen LogP contribution in [0.5, 0.6) is 0 Å². The summed E-state index contributed by atoms with van der Waals surface area (Å²) in [6.07, 6.45) is 22.8. The van der Waals surface area contributed by atoms with Gasteiger partial charge in [-0.3, -0.25) is 0 Å². The van der Waals surface area contributed by atoms with Crippen LogP contribution in [0.4, 0.5) is 0 Å². The van der Waals surface area contributed by atoms with Crippen molar-refractivity contribution in [3.8, 4) is 0 Å². The summed E-state index contributed by atoms with van der Waals surface area (Å²) in [5.74, 6) is 3.48. The first kappa shape index (κ1) is 21.5. The minimum Gasteiger partial charge on any atom is -0.388 e. The van der Waals surface area contributed by atoms with Crippen molar-refractivity contribution in [3.05, 3.63) is 60.1 Å². The largest absolute Gasteiger partial charge is 0.388 e. The lowest BCUT2D eigenvalue weighted by molar-refractivity contribution is 0.0884. The third-order valence-corrected chi connectivity index (χ3v) is 7.96. The molecule has 1 aliphatic heterocycles. The summed E-state index contributed by atoms with van der Waals surface area (Å²) in [5, 5.41) is 14.8. The highest BCUT2D eigenvalue weighted by molar-refractivity contribution is 5.22. The molecule has 1 saturated carbocycles. The fourth-order valence-corrected chi connectivity index (χ4v) is 5.76. The van der Waals surface area contributed by atoms with Gasteiger partial charge in [0.15, 0.2) is 0 Å². The van der Waals surface area contributed by atoms with E-state index in [1.165, 1.54) is 30.4 Å². The number of rotatable bonds is 6. The minimum atomic E-state index is -0.272. The summed E-state index contributed by atoms with van der Waals surface area (Å²) < 4.78 is 0. The monoisotopic (exact) mass is 408 g/mol. The van der Waals surface area contributed by atoms with Gasteiger partial charge in [0, 0.05) is 18.8 Å². The van der Waals surface area contributed by atoms with E-state index in [1.807, 2.05) is 0 Å². The van der Waals surface area contributed by atoms with Crippen molar-refractivity contribution in [2.24, 2.45) is 23.7 Å². The highest BCUT2D eigenvalue weighted by atomic mass is 16.3. The fourth-order valence-electron chi connectivity index (χ4n) is 5.76. The van der Waals surface area contributed by atoms with Crippen LogP contribution in [-0.4, -0.2) is 28.7 Å². The Morgan fingerprint density at radius 1 is 1.23 bits per heavy atom. The molecule has 3 aliphatic carbocycles. The van der Waals surface area contributed by atoms with Gasteiger partial charge in [-0.1, -0.05) is 49.5 Å². The first-order valence-electron chi connectivity index (χ1n) is 12.1.